The predicted octanol–water partition coefficient (Wildman–Crippen LogP) is 3.44. The normalized spacial score (nSPS) is 11.0. The van der Waals surface area contributed by atoms with E-state index in [1.165, 1.54) is 10.9 Å². The smallest absolute Gasteiger partial charge is 0.261 e. The summed E-state index contributed by atoms with van der Waals surface area (Å²) < 4.78 is 2.34. The van der Waals surface area contributed by atoms with Gasteiger partial charge in [0.25, 0.3) is 5.56 Å². The number of nitrogens with zero attached hydrogens (tertiary/aromatic N) is 2. The van der Waals surface area contributed by atoms with Gasteiger partial charge in [-0.25, -0.2) is 4.98 Å². The zero-order chi connectivity index (χ0) is 15.0. The van der Waals surface area contributed by atoms with E-state index < -0.39 is 0 Å². The van der Waals surface area contributed by atoms with Gasteiger partial charge in [0.15, 0.2) is 0 Å². The van der Waals surface area contributed by atoms with Crippen LogP contribution in [0.25, 0.3) is 10.9 Å². The number of rotatable bonds is 2. The molecule has 6 heteroatoms. The number of hydrogen-bond donors (Lipinski definition) is 1. The molecule has 3 rings (SSSR count). The lowest BCUT2D eigenvalue weighted by atomic mass is 10.1. The molecule has 0 aliphatic rings. The SMILES string of the molecule is Nc1cccc(Cl)c1Cn1cnc2ccc(Br)cc2c1=O. The summed E-state index contributed by atoms with van der Waals surface area (Å²) in [6.07, 6.45) is 1.52. The first-order valence-electron chi connectivity index (χ1n) is 6.24. The van der Waals surface area contributed by atoms with Gasteiger partial charge in [-0.2, -0.15) is 0 Å². The lowest BCUT2D eigenvalue weighted by Crippen LogP contribution is -2.21. The molecule has 2 N–H and O–H groups in total. The fourth-order valence-corrected chi connectivity index (χ4v) is 2.76. The maximum atomic E-state index is 12.5. The van der Waals surface area contributed by atoms with Crippen molar-refractivity contribution in [1.29, 1.82) is 0 Å². The van der Waals surface area contributed by atoms with Gasteiger partial charge >= 0.3 is 0 Å². The van der Waals surface area contributed by atoms with E-state index in [-0.39, 0.29) is 5.56 Å². The van der Waals surface area contributed by atoms with Crippen LogP contribution in [-0.2, 0) is 6.54 Å². The second-order valence-corrected chi connectivity index (χ2v) is 5.97. The molecule has 0 aliphatic carbocycles. The van der Waals surface area contributed by atoms with E-state index >= 15 is 0 Å². The summed E-state index contributed by atoms with van der Waals surface area (Å²) in [7, 11) is 0. The molecule has 0 amide bonds. The number of benzene rings is 2. The van der Waals surface area contributed by atoms with Crippen molar-refractivity contribution in [3.05, 3.63) is 68.1 Å². The summed E-state index contributed by atoms with van der Waals surface area (Å²) in [5, 5.41) is 1.09. The molecule has 0 atom stereocenters. The fourth-order valence-electron chi connectivity index (χ4n) is 2.16. The maximum absolute atomic E-state index is 12.5. The van der Waals surface area contributed by atoms with Crippen molar-refractivity contribution in [2.75, 3.05) is 5.73 Å². The molecular formula is C15H11BrClN3O. The Kier molecular flexibility index (Phi) is 3.69. The molecule has 2 aromatic carbocycles. The van der Waals surface area contributed by atoms with Gasteiger partial charge in [0.1, 0.15) is 0 Å². The summed E-state index contributed by atoms with van der Waals surface area (Å²) in [6, 6.07) is 10.7. The van der Waals surface area contributed by atoms with Gasteiger partial charge in [0.2, 0.25) is 0 Å². The Balaban J connectivity index is 2.14. The van der Waals surface area contributed by atoms with Crippen molar-refractivity contribution in [2.24, 2.45) is 0 Å². The Hall–Kier alpha value is -1.85. The van der Waals surface area contributed by atoms with Crippen LogP contribution in [0.15, 0.2) is 52.0 Å². The molecule has 0 fully saturated rings. The zero-order valence-electron chi connectivity index (χ0n) is 10.9. The first-order valence-corrected chi connectivity index (χ1v) is 7.41. The highest BCUT2D eigenvalue weighted by Crippen LogP contribution is 2.22. The molecule has 21 heavy (non-hydrogen) atoms. The lowest BCUT2D eigenvalue weighted by molar-refractivity contribution is 0.750. The highest BCUT2D eigenvalue weighted by atomic mass is 79.9. The van der Waals surface area contributed by atoms with Gasteiger partial charge in [0, 0.05) is 20.7 Å². The summed E-state index contributed by atoms with van der Waals surface area (Å²) in [4.78, 5) is 16.8. The minimum absolute atomic E-state index is 0.124. The van der Waals surface area contributed by atoms with Crippen LogP contribution in [0.2, 0.25) is 5.02 Å². The third-order valence-electron chi connectivity index (χ3n) is 3.27. The molecule has 1 aromatic heterocycles. The Morgan fingerprint density at radius 3 is 2.86 bits per heavy atom. The van der Waals surface area contributed by atoms with E-state index in [4.69, 9.17) is 17.3 Å². The van der Waals surface area contributed by atoms with E-state index in [1.807, 2.05) is 6.07 Å². The standard InChI is InChI=1S/C15H11BrClN3O/c16-9-4-5-14-10(6-9)15(21)20(8-19-14)7-11-12(17)2-1-3-13(11)18/h1-6,8H,7,18H2. The molecule has 0 radical (unpaired) electrons. The second-order valence-electron chi connectivity index (χ2n) is 4.65. The molecule has 3 aromatic rings. The number of halogens is 2. The highest BCUT2D eigenvalue weighted by molar-refractivity contribution is 9.10. The van der Waals surface area contributed by atoms with Gasteiger partial charge in [-0.15, -0.1) is 0 Å². The summed E-state index contributed by atoms with van der Waals surface area (Å²) in [6.45, 7) is 0.291. The van der Waals surface area contributed by atoms with Crippen molar-refractivity contribution in [2.45, 2.75) is 6.54 Å². The average molecular weight is 365 g/mol. The van der Waals surface area contributed by atoms with E-state index in [0.717, 1.165) is 10.0 Å². The van der Waals surface area contributed by atoms with Crippen molar-refractivity contribution in [1.82, 2.24) is 9.55 Å². The number of fused-ring (bicyclic) bond motifs is 1. The molecule has 0 aliphatic heterocycles. The van der Waals surface area contributed by atoms with Crippen LogP contribution in [0.5, 0.6) is 0 Å². The number of anilines is 1. The third kappa shape index (κ3) is 2.66. The van der Waals surface area contributed by atoms with Gasteiger partial charge in [0.05, 0.1) is 23.8 Å². The van der Waals surface area contributed by atoms with E-state index in [2.05, 4.69) is 20.9 Å². The molecule has 1 heterocycles. The van der Waals surface area contributed by atoms with Gasteiger partial charge < -0.3 is 5.73 Å². The molecule has 0 saturated heterocycles. The van der Waals surface area contributed by atoms with Crippen LogP contribution >= 0.6 is 27.5 Å². The second kappa shape index (κ2) is 5.50. The van der Waals surface area contributed by atoms with Crippen LogP contribution in [-0.4, -0.2) is 9.55 Å². The van der Waals surface area contributed by atoms with Gasteiger partial charge in [-0.1, -0.05) is 33.6 Å². The van der Waals surface area contributed by atoms with Crippen molar-refractivity contribution in [3.63, 3.8) is 0 Å². The molecule has 0 saturated carbocycles. The Bertz CT molecular complexity index is 871. The number of nitrogen functional groups attached to an aromatic ring is 1. The van der Waals surface area contributed by atoms with Gasteiger partial charge in [-0.05, 0) is 30.3 Å². The van der Waals surface area contributed by atoms with E-state index in [9.17, 15) is 4.79 Å². The summed E-state index contributed by atoms with van der Waals surface area (Å²) in [5.74, 6) is 0. The van der Waals surface area contributed by atoms with Crippen molar-refractivity contribution >= 4 is 44.1 Å². The number of hydrogen-bond acceptors (Lipinski definition) is 3. The fraction of sp³-hybridized carbons (Fsp3) is 0.0667. The summed E-state index contributed by atoms with van der Waals surface area (Å²) in [5.41, 5.74) is 7.74. The summed E-state index contributed by atoms with van der Waals surface area (Å²) >= 11 is 9.52. The van der Waals surface area contributed by atoms with Crippen LogP contribution < -0.4 is 11.3 Å². The number of aromatic nitrogens is 2. The molecule has 106 valence electrons. The minimum Gasteiger partial charge on any atom is -0.398 e. The zero-order valence-corrected chi connectivity index (χ0v) is 13.2. The van der Waals surface area contributed by atoms with Crippen LogP contribution in [0.1, 0.15) is 5.56 Å². The Labute approximate surface area is 134 Å². The average Bonchev–Trinajstić information content (AvgIpc) is 2.46. The van der Waals surface area contributed by atoms with Gasteiger partial charge in [-0.3, -0.25) is 9.36 Å². The third-order valence-corrected chi connectivity index (χ3v) is 4.12. The predicted molar refractivity (Wildman–Crippen MR) is 88.7 cm³/mol. The molecule has 0 bridgehead atoms. The largest absolute Gasteiger partial charge is 0.398 e. The maximum Gasteiger partial charge on any atom is 0.261 e. The first-order chi connectivity index (χ1) is 10.1. The van der Waals surface area contributed by atoms with E-state index in [1.54, 1.807) is 30.3 Å². The van der Waals surface area contributed by atoms with Crippen molar-refractivity contribution in [3.8, 4) is 0 Å². The molecule has 4 nitrogen and oxygen atoms in total. The van der Waals surface area contributed by atoms with Crippen molar-refractivity contribution < 1.29 is 0 Å². The monoisotopic (exact) mass is 363 g/mol. The minimum atomic E-state index is -0.124. The molecule has 0 unspecified atom stereocenters. The molecular weight excluding hydrogens is 354 g/mol. The van der Waals surface area contributed by atoms with E-state index in [0.29, 0.717) is 28.2 Å². The molecule has 0 spiro atoms. The lowest BCUT2D eigenvalue weighted by Gasteiger charge is -2.10. The van der Waals surface area contributed by atoms with Crippen LogP contribution in [0.3, 0.4) is 0 Å². The first kappa shape index (κ1) is 14.1. The number of nitrogens with two attached hydrogens (primary N) is 1. The highest BCUT2D eigenvalue weighted by Gasteiger charge is 2.09. The van der Waals surface area contributed by atoms with Crippen LogP contribution in [0, 0.1) is 0 Å². The quantitative estimate of drug-likeness (QED) is 0.709. The topological polar surface area (TPSA) is 60.9 Å². The van der Waals surface area contributed by atoms with Crippen LogP contribution in [0.4, 0.5) is 5.69 Å². The Morgan fingerprint density at radius 2 is 2.10 bits per heavy atom. The Morgan fingerprint density at radius 1 is 1.29 bits per heavy atom.